The zero-order chi connectivity index (χ0) is 16.5. The van der Waals surface area contributed by atoms with Gasteiger partial charge in [-0.3, -0.25) is 4.68 Å². The van der Waals surface area contributed by atoms with Gasteiger partial charge < -0.3 is 5.32 Å². The molecule has 0 atom stereocenters. The molecule has 0 saturated heterocycles. The summed E-state index contributed by atoms with van der Waals surface area (Å²) in [6, 6.07) is 5.92. The van der Waals surface area contributed by atoms with E-state index < -0.39 is 0 Å². The van der Waals surface area contributed by atoms with Crippen molar-refractivity contribution in [2.24, 2.45) is 7.05 Å². The van der Waals surface area contributed by atoms with Crippen molar-refractivity contribution in [2.75, 3.05) is 5.32 Å². The molecule has 118 valence electrons. The normalized spacial score (nSPS) is 10.9. The van der Waals surface area contributed by atoms with E-state index in [0.717, 1.165) is 33.5 Å². The van der Waals surface area contributed by atoms with Crippen LogP contribution in [-0.4, -0.2) is 29.7 Å². The van der Waals surface area contributed by atoms with Gasteiger partial charge in [0, 0.05) is 60.1 Å². The van der Waals surface area contributed by atoms with E-state index in [1.165, 1.54) is 6.33 Å². The van der Waals surface area contributed by atoms with Crippen LogP contribution in [0.5, 0.6) is 0 Å². The van der Waals surface area contributed by atoms with Gasteiger partial charge >= 0.3 is 0 Å². The first kappa shape index (κ1) is 14.3. The number of hydrogen-bond donors (Lipinski definition) is 1. The average molecular weight is 317 g/mol. The molecule has 0 saturated carbocycles. The number of pyridine rings is 2. The minimum Gasteiger partial charge on any atom is -0.322 e. The fourth-order valence-electron chi connectivity index (χ4n) is 2.58. The fraction of sp³-hybridized carbons (Fsp3) is 0.118. The third-order valence-corrected chi connectivity index (χ3v) is 3.70. The molecule has 7 heteroatoms. The maximum atomic E-state index is 4.66. The zero-order valence-electron chi connectivity index (χ0n) is 13.3. The molecule has 0 aliphatic rings. The van der Waals surface area contributed by atoms with Crippen LogP contribution in [0.3, 0.4) is 0 Å². The Morgan fingerprint density at radius 1 is 1.04 bits per heavy atom. The summed E-state index contributed by atoms with van der Waals surface area (Å²) in [5.41, 5.74) is 3.58. The Bertz CT molecular complexity index is 1010. The summed E-state index contributed by atoms with van der Waals surface area (Å²) in [6.07, 6.45) is 8.74. The minimum absolute atomic E-state index is 0.674. The molecule has 4 rings (SSSR count). The molecule has 4 aromatic heterocycles. The van der Waals surface area contributed by atoms with Crippen molar-refractivity contribution in [2.45, 2.75) is 6.92 Å². The number of rotatable bonds is 3. The summed E-state index contributed by atoms with van der Waals surface area (Å²) >= 11 is 0. The Labute approximate surface area is 138 Å². The summed E-state index contributed by atoms with van der Waals surface area (Å²) < 4.78 is 1.73. The zero-order valence-corrected chi connectivity index (χ0v) is 13.3. The van der Waals surface area contributed by atoms with Crippen molar-refractivity contribution in [3.8, 4) is 11.1 Å². The Morgan fingerprint density at radius 3 is 2.62 bits per heavy atom. The fourth-order valence-corrected chi connectivity index (χ4v) is 2.58. The van der Waals surface area contributed by atoms with E-state index in [9.17, 15) is 0 Å². The SMILES string of the molecule is Cc1ccc2c(-c3cncnc3)cnc(Nc3ccn(C)n3)c2n1. The van der Waals surface area contributed by atoms with E-state index in [4.69, 9.17) is 0 Å². The van der Waals surface area contributed by atoms with Crippen LogP contribution >= 0.6 is 0 Å². The van der Waals surface area contributed by atoms with Crippen molar-refractivity contribution in [1.29, 1.82) is 0 Å². The number of nitrogens with one attached hydrogen (secondary N) is 1. The summed E-state index contributed by atoms with van der Waals surface area (Å²) in [6.45, 7) is 1.96. The van der Waals surface area contributed by atoms with E-state index >= 15 is 0 Å². The molecule has 0 radical (unpaired) electrons. The molecule has 0 aliphatic heterocycles. The Hall–Kier alpha value is -3.35. The Kier molecular flexibility index (Phi) is 3.38. The molecular formula is C17H15N7. The Balaban J connectivity index is 1.89. The molecule has 7 nitrogen and oxygen atoms in total. The molecule has 1 N–H and O–H groups in total. The van der Waals surface area contributed by atoms with E-state index in [-0.39, 0.29) is 0 Å². The molecule has 0 fully saturated rings. The summed E-state index contributed by atoms with van der Waals surface area (Å²) in [5.74, 6) is 1.40. The van der Waals surface area contributed by atoms with E-state index in [2.05, 4.69) is 30.4 Å². The van der Waals surface area contributed by atoms with E-state index in [1.54, 1.807) is 17.1 Å². The molecule has 0 aliphatic carbocycles. The lowest BCUT2D eigenvalue weighted by molar-refractivity contribution is 0.771. The quantitative estimate of drug-likeness (QED) is 0.626. The number of nitrogens with zero attached hydrogens (tertiary/aromatic N) is 6. The van der Waals surface area contributed by atoms with Gasteiger partial charge in [-0.25, -0.2) is 19.9 Å². The first-order valence-electron chi connectivity index (χ1n) is 7.49. The topological polar surface area (TPSA) is 81.4 Å². The minimum atomic E-state index is 0.674. The smallest absolute Gasteiger partial charge is 0.158 e. The predicted molar refractivity (Wildman–Crippen MR) is 91.8 cm³/mol. The van der Waals surface area contributed by atoms with Gasteiger partial charge in [-0.15, -0.1) is 0 Å². The monoisotopic (exact) mass is 317 g/mol. The molecule has 0 bridgehead atoms. The second-order valence-electron chi connectivity index (χ2n) is 5.50. The highest BCUT2D eigenvalue weighted by molar-refractivity contribution is 5.99. The number of anilines is 2. The number of fused-ring (bicyclic) bond motifs is 1. The third-order valence-electron chi connectivity index (χ3n) is 3.70. The van der Waals surface area contributed by atoms with Gasteiger partial charge in [0.05, 0.1) is 0 Å². The van der Waals surface area contributed by atoms with Crippen LogP contribution in [0.2, 0.25) is 0 Å². The van der Waals surface area contributed by atoms with Gasteiger partial charge in [-0.2, -0.15) is 5.10 Å². The van der Waals surface area contributed by atoms with Gasteiger partial charge in [0.25, 0.3) is 0 Å². The van der Waals surface area contributed by atoms with Crippen LogP contribution in [0.15, 0.2) is 49.3 Å². The highest BCUT2D eigenvalue weighted by Gasteiger charge is 2.12. The summed E-state index contributed by atoms with van der Waals surface area (Å²) in [4.78, 5) is 17.4. The maximum absolute atomic E-state index is 4.66. The largest absolute Gasteiger partial charge is 0.322 e. The van der Waals surface area contributed by atoms with Crippen LogP contribution in [0.25, 0.3) is 22.0 Å². The van der Waals surface area contributed by atoms with Crippen LogP contribution in [0.1, 0.15) is 5.69 Å². The Morgan fingerprint density at radius 2 is 1.88 bits per heavy atom. The number of aryl methyl sites for hydroxylation is 2. The van der Waals surface area contributed by atoms with Crippen LogP contribution < -0.4 is 5.32 Å². The highest BCUT2D eigenvalue weighted by atomic mass is 15.3. The second kappa shape index (κ2) is 5.69. The second-order valence-corrected chi connectivity index (χ2v) is 5.50. The predicted octanol–water partition coefficient (Wildman–Crippen LogP) is 2.87. The summed E-state index contributed by atoms with van der Waals surface area (Å²) in [7, 11) is 1.87. The van der Waals surface area contributed by atoms with Crippen molar-refractivity contribution in [3.63, 3.8) is 0 Å². The van der Waals surface area contributed by atoms with E-state index in [1.807, 2.05) is 44.6 Å². The maximum Gasteiger partial charge on any atom is 0.158 e. The van der Waals surface area contributed by atoms with Crippen LogP contribution in [0, 0.1) is 6.92 Å². The first-order valence-corrected chi connectivity index (χ1v) is 7.49. The average Bonchev–Trinajstić information content (AvgIpc) is 3.01. The van der Waals surface area contributed by atoms with Crippen molar-refractivity contribution >= 4 is 22.5 Å². The lowest BCUT2D eigenvalue weighted by Gasteiger charge is -2.10. The third kappa shape index (κ3) is 2.56. The number of hydrogen-bond acceptors (Lipinski definition) is 6. The lowest BCUT2D eigenvalue weighted by Crippen LogP contribution is -2.00. The molecule has 24 heavy (non-hydrogen) atoms. The van der Waals surface area contributed by atoms with Gasteiger partial charge in [-0.05, 0) is 13.0 Å². The number of aromatic nitrogens is 6. The molecule has 0 unspecified atom stereocenters. The van der Waals surface area contributed by atoms with Gasteiger partial charge in [-0.1, -0.05) is 6.07 Å². The van der Waals surface area contributed by atoms with E-state index in [0.29, 0.717) is 5.82 Å². The molecule has 0 amide bonds. The van der Waals surface area contributed by atoms with Crippen molar-refractivity contribution in [1.82, 2.24) is 29.7 Å². The lowest BCUT2D eigenvalue weighted by atomic mass is 10.1. The molecule has 4 aromatic rings. The van der Waals surface area contributed by atoms with Crippen LogP contribution in [0.4, 0.5) is 11.6 Å². The molecule has 0 aromatic carbocycles. The molecule has 4 heterocycles. The van der Waals surface area contributed by atoms with Gasteiger partial charge in [0.2, 0.25) is 0 Å². The van der Waals surface area contributed by atoms with Gasteiger partial charge in [0.15, 0.2) is 11.6 Å². The first-order chi connectivity index (χ1) is 11.7. The van der Waals surface area contributed by atoms with Crippen molar-refractivity contribution < 1.29 is 0 Å². The molecular weight excluding hydrogens is 302 g/mol. The standard InChI is InChI=1S/C17H15N7/c1-11-3-4-13-14(12-7-18-10-19-8-12)9-20-17(16(13)21-11)22-15-5-6-24(2)23-15/h3-10H,1-2H3,(H,20,22,23). The molecule has 0 spiro atoms. The van der Waals surface area contributed by atoms with Crippen LogP contribution in [-0.2, 0) is 7.05 Å². The highest BCUT2D eigenvalue weighted by Crippen LogP contribution is 2.31. The summed E-state index contributed by atoms with van der Waals surface area (Å²) in [5, 5.41) is 8.56. The van der Waals surface area contributed by atoms with Crippen molar-refractivity contribution in [3.05, 3.63) is 55.0 Å². The van der Waals surface area contributed by atoms with Gasteiger partial charge in [0.1, 0.15) is 11.8 Å².